The van der Waals surface area contributed by atoms with Gasteiger partial charge in [-0.3, -0.25) is 0 Å². The molecule has 2 N–H and O–H groups in total. The molecule has 2 unspecified atom stereocenters. The lowest BCUT2D eigenvalue weighted by Crippen LogP contribution is -2.24. The fourth-order valence-electron chi connectivity index (χ4n) is 1.15. The molecule has 0 aliphatic rings. The normalized spacial score (nSPS) is 14.9. The van der Waals surface area contributed by atoms with Crippen LogP contribution in [0.15, 0.2) is 30.3 Å². The van der Waals surface area contributed by atoms with Gasteiger partial charge in [0.05, 0.1) is 0 Å². The molecule has 0 bridgehead atoms. The summed E-state index contributed by atoms with van der Waals surface area (Å²) in [5, 5.41) is 18.0. The zero-order valence-corrected chi connectivity index (χ0v) is 8.16. The van der Waals surface area contributed by atoms with E-state index in [-0.39, 0.29) is 11.0 Å². The summed E-state index contributed by atoms with van der Waals surface area (Å²) in [4.78, 5) is 0. The Labute approximate surface area is 82.8 Å². The molecule has 2 atom stereocenters. The first-order valence-electron chi connectivity index (χ1n) is 4.08. The lowest BCUT2D eigenvalue weighted by molar-refractivity contribution is 0.197. The van der Waals surface area contributed by atoms with Crippen molar-refractivity contribution in [1.82, 2.24) is 0 Å². The van der Waals surface area contributed by atoms with Crippen LogP contribution >= 0.6 is 12.2 Å². The summed E-state index contributed by atoms with van der Waals surface area (Å²) in [6, 6.07) is 9.47. The first kappa shape index (κ1) is 10.2. The third-order valence-corrected chi connectivity index (χ3v) is 2.29. The van der Waals surface area contributed by atoms with Gasteiger partial charge in [0.2, 0.25) is 0 Å². The number of benzene rings is 1. The van der Waals surface area contributed by atoms with Crippen LogP contribution in [0.3, 0.4) is 0 Å². The molecule has 1 rings (SSSR count). The van der Waals surface area contributed by atoms with Crippen LogP contribution in [0.25, 0.3) is 0 Å². The molecule has 0 saturated heterocycles. The number of rotatable bonds is 3. The number of hydrogen-bond acceptors (Lipinski definition) is 2. The highest BCUT2D eigenvalue weighted by atomic mass is 32.1. The van der Waals surface area contributed by atoms with Crippen LogP contribution in [-0.4, -0.2) is 21.4 Å². The van der Waals surface area contributed by atoms with Gasteiger partial charge in [-0.15, -0.1) is 0 Å². The predicted octanol–water partition coefficient (Wildman–Crippen LogP) is 2.04. The van der Waals surface area contributed by atoms with Crippen LogP contribution < -0.4 is 0 Å². The lowest BCUT2D eigenvalue weighted by Gasteiger charge is -2.16. The van der Waals surface area contributed by atoms with Gasteiger partial charge in [-0.05, 0) is 17.8 Å². The zero-order valence-electron chi connectivity index (χ0n) is 7.34. The molecule has 0 aromatic heterocycles. The SMILES string of the molecule is CC(c1ccccc1)C(O)C(O)=S. The van der Waals surface area contributed by atoms with Gasteiger partial charge in [0, 0.05) is 5.92 Å². The molecule has 1 aromatic carbocycles. The average molecular weight is 196 g/mol. The molecule has 0 saturated carbocycles. The van der Waals surface area contributed by atoms with Crippen molar-refractivity contribution >= 4 is 17.3 Å². The second-order valence-corrected chi connectivity index (χ2v) is 3.40. The molecular weight excluding hydrogens is 184 g/mol. The van der Waals surface area contributed by atoms with Crippen LogP contribution in [0.1, 0.15) is 18.4 Å². The van der Waals surface area contributed by atoms with E-state index in [0.29, 0.717) is 0 Å². The Hall–Kier alpha value is -0.930. The van der Waals surface area contributed by atoms with Gasteiger partial charge in [-0.25, -0.2) is 0 Å². The maximum Gasteiger partial charge on any atom is 0.186 e. The summed E-state index contributed by atoms with van der Waals surface area (Å²) in [5.74, 6) is -0.168. The standard InChI is InChI=1S/C10H12O2S/c1-7(9(11)10(12)13)8-5-3-2-4-6-8/h2-7,9,11H,1H3,(H,12,13). The Balaban J connectivity index is 2.79. The molecular formula is C10H12O2S. The molecule has 0 radical (unpaired) electrons. The highest BCUT2D eigenvalue weighted by Gasteiger charge is 2.19. The van der Waals surface area contributed by atoms with E-state index >= 15 is 0 Å². The molecule has 0 amide bonds. The summed E-state index contributed by atoms with van der Waals surface area (Å²) in [6.45, 7) is 1.82. The van der Waals surface area contributed by atoms with Gasteiger partial charge in [0.1, 0.15) is 6.10 Å². The Kier molecular flexibility index (Phi) is 3.39. The second-order valence-electron chi connectivity index (χ2n) is 2.98. The minimum atomic E-state index is -0.961. The van der Waals surface area contributed by atoms with Crippen LogP contribution in [-0.2, 0) is 0 Å². The van der Waals surface area contributed by atoms with Crippen LogP contribution in [0.2, 0.25) is 0 Å². The highest BCUT2D eigenvalue weighted by molar-refractivity contribution is 7.80. The number of aliphatic hydroxyl groups is 2. The van der Waals surface area contributed by atoms with Crippen molar-refractivity contribution in [2.75, 3.05) is 0 Å². The van der Waals surface area contributed by atoms with E-state index in [1.807, 2.05) is 37.3 Å². The molecule has 13 heavy (non-hydrogen) atoms. The number of hydrogen-bond donors (Lipinski definition) is 2. The maximum atomic E-state index is 9.46. The zero-order chi connectivity index (χ0) is 9.84. The van der Waals surface area contributed by atoms with E-state index in [2.05, 4.69) is 12.2 Å². The molecule has 0 aliphatic carbocycles. The first-order valence-corrected chi connectivity index (χ1v) is 4.49. The summed E-state index contributed by atoms with van der Waals surface area (Å²) in [6.07, 6.45) is -0.961. The van der Waals surface area contributed by atoms with Gasteiger partial charge < -0.3 is 10.2 Å². The van der Waals surface area contributed by atoms with Crippen molar-refractivity contribution in [3.05, 3.63) is 35.9 Å². The van der Waals surface area contributed by atoms with Crippen molar-refractivity contribution in [2.45, 2.75) is 18.9 Å². The Bertz CT molecular complexity index is 284. The molecule has 0 aliphatic heterocycles. The van der Waals surface area contributed by atoms with E-state index in [1.165, 1.54) is 0 Å². The lowest BCUT2D eigenvalue weighted by atomic mass is 9.96. The number of thiocarbonyl (C=S) groups is 1. The Morgan fingerprint density at radius 1 is 1.31 bits per heavy atom. The molecule has 2 nitrogen and oxygen atoms in total. The van der Waals surface area contributed by atoms with Crippen molar-refractivity contribution in [1.29, 1.82) is 0 Å². The van der Waals surface area contributed by atoms with Crippen molar-refractivity contribution in [3.8, 4) is 0 Å². The van der Waals surface area contributed by atoms with Crippen LogP contribution in [0.4, 0.5) is 0 Å². The smallest absolute Gasteiger partial charge is 0.186 e. The third kappa shape index (κ3) is 2.50. The monoisotopic (exact) mass is 196 g/mol. The average Bonchev–Trinajstić information content (AvgIpc) is 2.17. The largest absolute Gasteiger partial charge is 0.500 e. The van der Waals surface area contributed by atoms with Crippen molar-refractivity contribution < 1.29 is 10.2 Å². The third-order valence-electron chi connectivity index (χ3n) is 2.05. The fourth-order valence-corrected chi connectivity index (χ4v) is 1.36. The molecule has 70 valence electrons. The topological polar surface area (TPSA) is 40.5 Å². The summed E-state index contributed by atoms with van der Waals surface area (Å²) >= 11 is 4.50. The fraction of sp³-hybridized carbons (Fsp3) is 0.300. The Morgan fingerprint density at radius 2 is 1.85 bits per heavy atom. The molecule has 0 heterocycles. The molecule has 3 heteroatoms. The second kappa shape index (κ2) is 4.35. The molecule has 0 fully saturated rings. The minimum Gasteiger partial charge on any atom is -0.500 e. The van der Waals surface area contributed by atoms with Gasteiger partial charge in [0.15, 0.2) is 5.05 Å². The van der Waals surface area contributed by atoms with Crippen molar-refractivity contribution in [2.24, 2.45) is 0 Å². The van der Waals surface area contributed by atoms with E-state index < -0.39 is 6.10 Å². The molecule has 0 spiro atoms. The first-order chi connectivity index (χ1) is 6.13. The summed E-state index contributed by atoms with van der Waals surface area (Å²) in [7, 11) is 0. The summed E-state index contributed by atoms with van der Waals surface area (Å²) in [5.41, 5.74) is 0.964. The van der Waals surface area contributed by atoms with Gasteiger partial charge in [-0.1, -0.05) is 37.3 Å². The summed E-state index contributed by atoms with van der Waals surface area (Å²) < 4.78 is 0. The predicted molar refractivity (Wildman–Crippen MR) is 56.1 cm³/mol. The minimum absolute atomic E-state index is 0.168. The van der Waals surface area contributed by atoms with Gasteiger partial charge >= 0.3 is 0 Å². The van der Waals surface area contributed by atoms with E-state index in [1.54, 1.807) is 0 Å². The quantitative estimate of drug-likeness (QED) is 0.727. The molecule has 1 aromatic rings. The van der Waals surface area contributed by atoms with Gasteiger partial charge in [-0.2, -0.15) is 0 Å². The maximum absolute atomic E-state index is 9.46. The highest BCUT2D eigenvalue weighted by Crippen LogP contribution is 2.19. The number of aliphatic hydroxyl groups excluding tert-OH is 2. The van der Waals surface area contributed by atoms with Crippen LogP contribution in [0.5, 0.6) is 0 Å². The van der Waals surface area contributed by atoms with Gasteiger partial charge in [0.25, 0.3) is 0 Å². The van der Waals surface area contributed by atoms with E-state index in [4.69, 9.17) is 5.11 Å². The Morgan fingerprint density at radius 3 is 2.31 bits per heavy atom. The van der Waals surface area contributed by atoms with Crippen molar-refractivity contribution in [3.63, 3.8) is 0 Å². The van der Waals surface area contributed by atoms with E-state index in [0.717, 1.165) is 5.56 Å². The van der Waals surface area contributed by atoms with E-state index in [9.17, 15) is 5.11 Å². The van der Waals surface area contributed by atoms with Crippen LogP contribution in [0, 0.1) is 0 Å².